The van der Waals surface area contributed by atoms with Crippen LogP contribution < -0.4 is 5.32 Å². The normalized spacial score (nSPS) is 19.3. The lowest BCUT2D eigenvalue weighted by Gasteiger charge is -2.31. The first-order valence-corrected chi connectivity index (χ1v) is 10.1. The molecule has 1 saturated heterocycles. The lowest BCUT2D eigenvalue weighted by atomic mass is 9.78. The van der Waals surface area contributed by atoms with Gasteiger partial charge in [0.1, 0.15) is 0 Å². The molecular formula is C22H32N2O2. The molecule has 1 N–H and O–H groups in total. The minimum absolute atomic E-state index is 0.00892. The fourth-order valence-electron chi connectivity index (χ4n) is 4.72. The third-order valence-electron chi connectivity index (χ3n) is 5.86. The van der Waals surface area contributed by atoms with Crippen molar-refractivity contribution in [1.82, 2.24) is 10.2 Å². The Kier molecular flexibility index (Phi) is 6.00. The van der Waals surface area contributed by atoms with Gasteiger partial charge in [-0.1, -0.05) is 38.8 Å². The van der Waals surface area contributed by atoms with Gasteiger partial charge in [-0.05, 0) is 54.7 Å². The van der Waals surface area contributed by atoms with E-state index in [2.05, 4.69) is 19.2 Å². The maximum absolute atomic E-state index is 12.7. The molecule has 142 valence electrons. The van der Waals surface area contributed by atoms with Crippen LogP contribution in [0, 0.1) is 11.3 Å². The molecule has 2 fully saturated rings. The van der Waals surface area contributed by atoms with E-state index in [0.29, 0.717) is 24.4 Å². The van der Waals surface area contributed by atoms with Crippen molar-refractivity contribution in [2.75, 3.05) is 13.1 Å². The van der Waals surface area contributed by atoms with E-state index in [4.69, 9.17) is 0 Å². The van der Waals surface area contributed by atoms with Crippen molar-refractivity contribution < 1.29 is 9.59 Å². The molecule has 0 radical (unpaired) electrons. The molecule has 1 aromatic rings. The van der Waals surface area contributed by atoms with Gasteiger partial charge < -0.3 is 10.2 Å². The number of carbonyl (C=O) groups excluding carboxylic acids is 2. The van der Waals surface area contributed by atoms with Crippen LogP contribution in [0.25, 0.3) is 0 Å². The monoisotopic (exact) mass is 356 g/mol. The predicted molar refractivity (Wildman–Crippen MR) is 104 cm³/mol. The maximum Gasteiger partial charge on any atom is 0.251 e. The lowest BCUT2D eigenvalue weighted by Crippen LogP contribution is -2.37. The van der Waals surface area contributed by atoms with Crippen molar-refractivity contribution in [3.8, 4) is 0 Å². The molecule has 0 unspecified atom stereocenters. The van der Waals surface area contributed by atoms with Gasteiger partial charge in [0.05, 0.1) is 0 Å². The van der Waals surface area contributed by atoms with Gasteiger partial charge in [-0.3, -0.25) is 9.59 Å². The predicted octanol–water partition coefficient (Wildman–Crippen LogP) is 4.15. The SMILES string of the molecule is CC(C)CC1(CNC(=O)c2cccc(CN3CCCC3=O)c2)CCCC1. The Hall–Kier alpha value is -1.84. The van der Waals surface area contributed by atoms with Crippen LogP contribution in [0.2, 0.25) is 0 Å². The van der Waals surface area contributed by atoms with Crippen LogP contribution in [0.4, 0.5) is 0 Å². The number of amides is 2. The van der Waals surface area contributed by atoms with Gasteiger partial charge in [0.15, 0.2) is 0 Å². The fourth-order valence-corrected chi connectivity index (χ4v) is 4.72. The number of nitrogens with zero attached hydrogens (tertiary/aromatic N) is 1. The molecule has 0 spiro atoms. The van der Waals surface area contributed by atoms with Crippen molar-refractivity contribution in [3.05, 3.63) is 35.4 Å². The van der Waals surface area contributed by atoms with E-state index in [0.717, 1.165) is 25.1 Å². The summed E-state index contributed by atoms with van der Waals surface area (Å²) in [5.41, 5.74) is 2.01. The minimum atomic E-state index is 0.00892. The van der Waals surface area contributed by atoms with Crippen LogP contribution in [0.3, 0.4) is 0 Å². The smallest absolute Gasteiger partial charge is 0.251 e. The van der Waals surface area contributed by atoms with Crippen LogP contribution in [-0.2, 0) is 11.3 Å². The summed E-state index contributed by atoms with van der Waals surface area (Å²) in [4.78, 5) is 26.4. The zero-order valence-corrected chi connectivity index (χ0v) is 16.2. The molecule has 0 aromatic heterocycles. The highest BCUT2D eigenvalue weighted by atomic mass is 16.2. The number of benzene rings is 1. The summed E-state index contributed by atoms with van der Waals surface area (Å²) < 4.78 is 0. The van der Waals surface area contributed by atoms with E-state index < -0.39 is 0 Å². The Labute approximate surface area is 157 Å². The quantitative estimate of drug-likeness (QED) is 0.798. The summed E-state index contributed by atoms with van der Waals surface area (Å²) in [6.45, 7) is 6.75. The van der Waals surface area contributed by atoms with Crippen LogP contribution in [0.1, 0.15) is 74.7 Å². The number of hydrogen-bond donors (Lipinski definition) is 1. The second kappa shape index (κ2) is 8.24. The summed E-state index contributed by atoms with van der Waals surface area (Å²) in [5, 5.41) is 3.20. The summed E-state index contributed by atoms with van der Waals surface area (Å²) in [5.74, 6) is 0.887. The molecule has 2 amide bonds. The number of likely N-dealkylation sites (tertiary alicyclic amines) is 1. The van der Waals surface area contributed by atoms with Gasteiger partial charge in [-0.15, -0.1) is 0 Å². The average molecular weight is 357 g/mol. The fraction of sp³-hybridized carbons (Fsp3) is 0.636. The standard InChI is InChI=1S/C22H32N2O2/c1-17(2)14-22(10-3-4-11-22)16-23-21(26)19-8-5-7-18(13-19)15-24-12-6-9-20(24)25/h5,7-8,13,17H,3-4,6,9-12,14-16H2,1-2H3,(H,23,26). The topological polar surface area (TPSA) is 49.4 Å². The van der Waals surface area contributed by atoms with E-state index in [9.17, 15) is 9.59 Å². The van der Waals surface area contributed by atoms with Crippen LogP contribution in [0.15, 0.2) is 24.3 Å². The van der Waals surface area contributed by atoms with Crippen molar-refractivity contribution in [3.63, 3.8) is 0 Å². The second-order valence-electron chi connectivity index (χ2n) is 8.61. The highest BCUT2D eigenvalue weighted by Crippen LogP contribution is 2.42. The summed E-state index contributed by atoms with van der Waals surface area (Å²) >= 11 is 0. The van der Waals surface area contributed by atoms with E-state index >= 15 is 0 Å². The molecule has 0 atom stereocenters. The van der Waals surface area contributed by atoms with Crippen LogP contribution in [0.5, 0.6) is 0 Å². The van der Waals surface area contributed by atoms with Crippen LogP contribution >= 0.6 is 0 Å². The van der Waals surface area contributed by atoms with Crippen molar-refractivity contribution >= 4 is 11.8 Å². The molecule has 1 aliphatic carbocycles. The number of hydrogen-bond acceptors (Lipinski definition) is 2. The first kappa shape index (κ1) is 18.9. The molecule has 4 heteroatoms. The van der Waals surface area contributed by atoms with E-state index in [1.54, 1.807) is 0 Å². The summed E-state index contributed by atoms with van der Waals surface area (Å²) in [6.07, 6.45) is 7.79. The van der Waals surface area contributed by atoms with Crippen molar-refractivity contribution in [2.45, 2.75) is 65.3 Å². The number of nitrogens with one attached hydrogen (secondary N) is 1. The molecule has 2 aliphatic rings. The Morgan fingerprint density at radius 2 is 2.00 bits per heavy atom. The molecule has 1 aromatic carbocycles. The van der Waals surface area contributed by atoms with Gasteiger partial charge in [-0.25, -0.2) is 0 Å². The first-order chi connectivity index (χ1) is 12.5. The highest BCUT2D eigenvalue weighted by Gasteiger charge is 2.34. The average Bonchev–Trinajstić information content (AvgIpc) is 3.22. The molecule has 26 heavy (non-hydrogen) atoms. The highest BCUT2D eigenvalue weighted by molar-refractivity contribution is 5.94. The Bertz CT molecular complexity index is 647. The Morgan fingerprint density at radius 1 is 1.23 bits per heavy atom. The molecular weight excluding hydrogens is 324 g/mol. The molecule has 0 bridgehead atoms. The Morgan fingerprint density at radius 3 is 2.65 bits per heavy atom. The zero-order valence-electron chi connectivity index (χ0n) is 16.2. The number of rotatable bonds is 7. The van der Waals surface area contributed by atoms with Crippen LogP contribution in [-0.4, -0.2) is 29.8 Å². The minimum Gasteiger partial charge on any atom is -0.351 e. The second-order valence-corrected chi connectivity index (χ2v) is 8.61. The van der Waals surface area contributed by atoms with Gasteiger partial charge >= 0.3 is 0 Å². The summed E-state index contributed by atoms with van der Waals surface area (Å²) in [6, 6.07) is 7.73. The molecule has 1 aliphatic heterocycles. The summed E-state index contributed by atoms with van der Waals surface area (Å²) in [7, 11) is 0. The van der Waals surface area contributed by atoms with Crippen molar-refractivity contribution in [2.24, 2.45) is 11.3 Å². The van der Waals surface area contributed by atoms with Gasteiger partial charge in [0.25, 0.3) is 5.91 Å². The first-order valence-electron chi connectivity index (χ1n) is 10.1. The van der Waals surface area contributed by atoms with E-state index in [1.807, 2.05) is 29.2 Å². The maximum atomic E-state index is 12.7. The van der Waals surface area contributed by atoms with E-state index in [-0.39, 0.29) is 17.2 Å². The molecule has 4 nitrogen and oxygen atoms in total. The van der Waals surface area contributed by atoms with Gasteiger partial charge in [0, 0.05) is 31.6 Å². The Balaban J connectivity index is 1.60. The molecule has 1 saturated carbocycles. The molecule has 3 rings (SSSR count). The number of carbonyl (C=O) groups is 2. The third kappa shape index (κ3) is 4.66. The van der Waals surface area contributed by atoms with Gasteiger partial charge in [-0.2, -0.15) is 0 Å². The third-order valence-corrected chi connectivity index (χ3v) is 5.86. The molecule has 1 heterocycles. The largest absolute Gasteiger partial charge is 0.351 e. The lowest BCUT2D eigenvalue weighted by molar-refractivity contribution is -0.128. The van der Waals surface area contributed by atoms with E-state index in [1.165, 1.54) is 32.1 Å². The zero-order chi connectivity index (χ0) is 18.6. The van der Waals surface area contributed by atoms with Gasteiger partial charge in [0.2, 0.25) is 5.91 Å². The van der Waals surface area contributed by atoms with Crippen molar-refractivity contribution in [1.29, 1.82) is 0 Å².